The van der Waals surface area contributed by atoms with Crippen LogP contribution in [0.1, 0.15) is 33.4 Å². The molecule has 7 rings (SSSR count). The Bertz CT molecular complexity index is 2730. The molecular weight excluding hydrogens is 849 g/mol. The number of ether oxygens (including phenoxy) is 5. The van der Waals surface area contributed by atoms with Gasteiger partial charge in [0, 0.05) is 59.5 Å². The molecule has 0 saturated carbocycles. The number of methoxy groups -OCH3 is 1. The van der Waals surface area contributed by atoms with Crippen LogP contribution < -0.4 is 10.1 Å². The summed E-state index contributed by atoms with van der Waals surface area (Å²) in [7, 11) is 1.68. The second-order valence-corrected chi connectivity index (χ2v) is 15.7. The standard InChI is InChI=1S/C47H45NO7.C12H11N/c1-4-46(49)54-32-38(33-55-47(50)5-2)26-35-6-8-37(9-7-35)31-53-45-21-20-40(44(29-45)30-48)16-12-34-10-14-39(15-11-34)42-19-18-41-27-36(13-17-43(41)28-42)22-23-52-25-24-51-3;1-3-7-11(8-4-1)13-12-9-5-2-6-10-12/h4-11,13-15,17-21,27-30,38,48H,1-2,22-26,31-33H2,3H3;1-10,13H. The van der Waals surface area contributed by atoms with E-state index in [1.54, 1.807) is 7.11 Å². The summed E-state index contributed by atoms with van der Waals surface area (Å²) in [5.41, 5.74) is 9.95. The van der Waals surface area contributed by atoms with Crippen LogP contribution in [0.25, 0.3) is 21.9 Å². The van der Waals surface area contributed by atoms with E-state index < -0.39 is 11.9 Å². The lowest BCUT2D eigenvalue weighted by molar-refractivity contribution is -0.142. The van der Waals surface area contributed by atoms with Crippen LogP contribution in [0.3, 0.4) is 0 Å². The van der Waals surface area contributed by atoms with E-state index in [1.165, 1.54) is 22.6 Å². The molecule has 0 radical (unpaired) electrons. The van der Waals surface area contributed by atoms with Gasteiger partial charge in [0.1, 0.15) is 12.4 Å². The van der Waals surface area contributed by atoms with Crippen molar-refractivity contribution in [2.75, 3.05) is 45.5 Å². The summed E-state index contributed by atoms with van der Waals surface area (Å²) in [6.07, 6.45) is 4.87. The number of benzene rings is 7. The Morgan fingerprint density at radius 1 is 0.632 bits per heavy atom. The van der Waals surface area contributed by atoms with Gasteiger partial charge in [-0.1, -0.05) is 128 Å². The van der Waals surface area contributed by atoms with Crippen LogP contribution in [0.15, 0.2) is 189 Å². The number of nitrogens with one attached hydrogen (secondary N) is 2. The molecule has 0 unspecified atom stereocenters. The summed E-state index contributed by atoms with van der Waals surface area (Å²) in [6, 6.07) is 54.9. The zero-order chi connectivity index (χ0) is 47.8. The predicted octanol–water partition coefficient (Wildman–Crippen LogP) is 11.7. The third kappa shape index (κ3) is 16.1. The molecule has 344 valence electrons. The Hall–Kier alpha value is -8.03. The quantitative estimate of drug-likeness (QED) is 0.0241. The van der Waals surface area contributed by atoms with E-state index in [9.17, 15) is 9.59 Å². The van der Waals surface area contributed by atoms with Gasteiger partial charge >= 0.3 is 11.9 Å². The Morgan fingerprint density at radius 3 is 1.87 bits per heavy atom. The molecule has 0 aliphatic heterocycles. The highest BCUT2D eigenvalue weighted by Crippen LogP contribution is 2.26. The van der Waals surface area contributed by atoms with Crippen molar-refractivity contribution in [2.45, 2.75) is 19.4 Å². The van der Waals surface area contributed by atoms with Crippen LogP contribution in [-0.2, 0) is 48.0 Å². The molecule has 0 aromatic heterocycles. The maximum atomic E-state index is 11.6. The first-order chi connectivity index (χ1) is 33.3. The molecule has 9 nitrogen and oxygen atoms in total. The summed E-state index contributed by atoms with van der Waals surface area (Å²) < 4.78 is 27.1. The van der Waals surface area contributed by atoms with E-state index >= 15 is 0 Å². The highest BCUT2D eigenvalue weighted by molar-refractivity contribution is 5.88. The minimum atomic E-state index is -0.534. The molecule has 2 N–H and O–H groups in total. The number of fused-ring (bicyclic) bond motifs is 1. The van der Waals surface area contributed by atoms with Crippen LogP contribution in [0.5, 0.6) is 5.75 Å². The van der Waals surface area contributed by atoms with Crippen molar-refractivity contribution in [1.82, 2.24) is 0 Å². The molecule has 0 amide bonds. The number of para-hydroxylation sites is 2. The van der Waals surface area contributed by atoms with Gasteiger partial charge in [0.2, 0.25) is 0 Å². The molecule has 0 aliphatic rings. The zero-order valence-corrected chi connectivity index (χ0v) is 38.3. The first-order valence-electron chi connectivity index (χ1n) is 22.3. The molecule has 68 heavy (non-hydrogen) atoms. The lowest BCUT2D eigenvalue weighted by atomic mass is 9.98. The second kappa shape index (κ2) is 26.8. The van der Waals surface area contributed by atoms with Crippen molar-refractivity contribution in [2.24, 2.45) is 5.92 Å². The Morgan fingerprint density at radius 2 is 1.24 bits per heavy atom. The average Bonchev–Trinajstić information content (AvgIpc) is 3.39. The van der Waals surface area contributed by atoms with Crippen LogP contribution in [-0.4, -0.2) is 58.3 Å². The maximum absolute atomic E-state index is 11.6. The number of carbonyl (C=O) groups is 2. The van der Waals surface area contributed by atoms with E-state index in [-0.39, 0.29) is 19.1 Å². The second-order valence-electron chi connectivity index (χ2n) is 15.7. The number of hydrogen-bond acceptors (Lipinski definition) is 9. The van der Waals surface area contributed by atoms with Gasteiger partial charge in [0.15, 0.2) is 0 Å². The molecule has 9 heteroatoms. The maximum Gasteiger partial charge on any atom is 0.330 e. The zero-order valence-electron chi connectivity index (χ0n) is 38.3. The van der Waals surface area contributed by atoms with Crippen LogP contribution in [0.4, 0.5) is 11.4 Å². The molecule has 0 heterocycles. The van der Waals surface area contributed by atoms with Crippen molar-refractivity contribution in [3.8, 4) is 28.7 Å². The third-order valence-electron chi connectivity index (χ3n) is 10.7. The Labute approximate surface area is 399 Å². The van der Waals surface area contributed by atoms with Crippen LogP contribution >= 0.6 is 0 Å². The van der Waals surface area contributed by atoms with Crippen molar-refractivity contribution in [3.63, 3.8) is 0 Å². The third-order valence-corrected chi connectivity index (χ3v) is 10.7. The van der Waals surface area contributed by atoms with Crippen LogP contribution in [0, 0.1) is 23.2 Å². The summed E-state index contributed by atoms with van der Waals surface area (Å²) in [4.78, 5) is 23.1. The molecule has 0 aliphatic carbocycles. The highest BCUT2D eigenvalue weighted by Gasteiger charge is 2.15. The summed E-state index contributed by atoms with van der Waals surface area (Å²) >= 11 is 0. The van der Waals surface area contributed by atoms with Gasteiger partial charge in [-0.15, -0.1) is 0 Å². The largest absolute Gasteiger partial charge is 0.489 e. The lowest BCUT2D eigenvalue weighted by Gasteiger charge is -2.17. The number of carbonyl (C=O) groups excluding carboxylic acids is 2. The highest BCUT2D eigenvalue weighted by atomic mass is 16.5. The molecular formula is C59H56N2O7. The Kier molecular flexibility index (Phi) is 19.5. The van der Waals surface area contributed by atoms with E-state index in [0.29, 0.717) is 44.2 Å². The van der Waals surface area contributed by atoms with Gasteiger partial charge < -0.3 is 34.4 Å². The van der Waals surface area contributed by atoms with Crippen molar-refractivity contribution >= 4 is 40.3 Å². The molecule has 7 aromatic rings. The van der Waals surface area contributed by atoms with Gasteiger partial charge in [-0.2, -0.15) is 0 Å². The van der Waals surface area contributed by atoms with Crippen molar-refractivity contribution in [1.29, 1.82) is 5.41 Å². The normalized spacial score (nSPS) is 10.4. The van der Waals surface area contributed by atoms with E-state index in [4.69, 9.17) is 29.1 Å². The number of esters is 2. The summed E-state index contributed by atoms with van der Waals surface area (Å²) in [5, 5.41) is 13.7. The van der Waals surface area contributed by atoms with E-state index in [0.717, 1.165) is 63.3 Å². The molecule has 0 bridgehead atoms. The monoisotopic (exact) mass is 904 g/mol. The molecule has 0 spiro atoms. The minimum Gasteiger partial charge on any atom is -0.489 e. The lowest BCUT2D eigenvalue weighted by Crippen LogP contribution is -2.22. The Balaban J connectivity index is 0.000000500. The van der Waals surface area contributed by atoms with E-state index in [1.807, 2.05) is 115 Å². The van der Waals surface area contributed by atoms with Crippen molar-refractivity contribution < 1.29 is 33.3 Å². The fraction of sp³-hybridized carbons (Fsp3) is 0.169. The number of rotatable bonds is 21. The average molecular weight is 905 g/mol. The predicted molar refractivity (Wildman–Crippen MR) is 273 cm³/mol. The van der Waals surface area contributed by atoms with Crippen molar-refractivity contribution in [3.05, 3.63) is 222 Å². The van der Waals surface area contributed by atoms with Gasteiger partial charge in [-0.25, -0.2) is 9.59 Å². The first kappa shape index (κ1) is 49.4. The fourth-order valence-electron chi connectivity index (χ4n) is 6.98. The molecule has 7 aromatic carbocycles. The fourth-order valence-corrected chi connectivity index (χ4v) is 6.98. The van der Waals surface area contributed by atoms with Crippen LogP contribution in [0.2, 0.25) is 0 Å². The molecule has 0 fully saturated rings. The molecule has 0 atom stereocenters. The smallest absolute Gasteiger partial charge is 0.330 e. The molecule has 0 saturated heterocycles. The SMILES string of the molecule is C=CC(=O)OCC(COC(=O)C=C)Cc1ccc(COc2ccc(C#Cc3ccc(-c4ccc5cc(CCOCCOC)ccc5c4)cc3)c(C=N)c2)cc1.c1ccc(Nc2ccccc2)cc1. The number of hydrogen-bond donors (Lipinski definition) is 2. The van der Waals surface area contributed by atoms with Gasteiger partial charge in [0.25, 0.3) is 0 Å². The van der Waals surface area contributed by atoms with Gasteiger partial charge in [-0.05, 0) is 112 Å². The summed E-state index contributed by atoms with van der Waals surface area (Å²) in [6.45, 7) is 9.22. The van der Waals surface area contributed by atoms with E-state index in [2.05, 4.69) is 78.8 Å². The topological polar surface area (TPSA) is 116 Å². The van der Waals surface area contributed by atoms with Gasteiger partial charge in [-0.3, -0.25) is 0 Å². The first-order valence-corrected chi connectivity index (χ1v) is 22.3. The minimum absolute atomic E-state index is 0.0869. The summed E-state index contributed by atoms with van der Waals surface area (Å²) in [5.74, 6) is 5.78. The number of anilines is 2. The van der Waals surface area contributed by atoms with Gasteiger partial charge in [0.05, 0.1) is 33.0 Å².